The van der Waals surface area contributed by atoms with Crippen molar-refractivity contribution in [2.24, 2.45) is 0 Å². The molecule has 0 saturated carbocycles. The molecule has 1 aromatic heterocycles. The topological polar surface area (TPSA) is 53.4 Å². The molecule has 1 N–H and O–H groups in total. The van der Waals surface area contributed by atoms with Crippen LogP contribution >= 0.6 is 15.9 Å². The minimum atomic E-state index is -0.246. The van der Waals surface area contributed by atoms with E-state index < -0.39 is 0 Å². The van der Waals surface area contributed by atoms with E-state index in [1.54, 1.807) is 11.1 Å². The Labute approximate surface area is 109 Å². The fraction of sp³-hybridized carbons (Fsp3) is 0.500. The Hall–Kier alpha value is -0.940. The summed E-state index contributed by atoms with van der Waals surface area (Å²) in [6, 6.07) is 3.73. The maximum Gasteiger partial charge on any atom is 0.228 e. The van der Waals surface area contributed by atoms with E-state index in [2.05, 4.69) is 20.9 Å². The highest BCUT2D eigenvalue weighted by Gasteiger charge is 2.21. The van der Waals surface area contributed by atoms with Crippen molar-refractivity contribution in [3.63, 3.8) is 0 Å². The Morgan fingerprint density at radius 1 is 1.47 bits per heavy atom. The smallest absolute Gasteiger partial charge is 0.228 e. The quantitative estimate of drug-likeness (QED) is 0.897. The summed E-state index contributed by atoms with van der Waals surface area (Å²) in [5.74, 6) is 0.0896. The van der Waals surface area contributed by atoms with E-state index in [9.17, 15) is 9.90 Å². The third-order valence-electron chi connectivity index (χ3n) is 2.94. The van der Waals surface area contributed by atoms with E-state index in [-0.39, 0.29) is 12.0 Å². The Morgan fingerprint density at radius 2 is 2.18 bits per heavy atom. The number of pyridine rings is 1. The highest BCUT2D eigenvalue weighted by molar-refractivity contribution is 9.10. The molecule has 0 atom stereocenters. The van der Waals surface area contributed by atoms with Crippen molar-refractivity contribution in [3.8, 4) is 0 Å². The zero-order valence-electron chi connectivity index (χ0n) is 9.47. The molecule has 1 aliphatic heterocycles. The highest BCUT2D eigenvalue weighted by Crippen LogP contribution is 2.12. The van der Waals surface area contributed by atoms with Gasteiger partial charge in [0.25, 0.3) is 0 Å². The van der Waals surface area contributed by atoms with E-state index in [1.807, 2.05) is 12.1 Å². The second-order valence-corrected chi connectivity index (χ2v) is 5.17. The average molecular weight is 299 g/mol. The molecule has 0 bridgehead atoms. The molecule has 0 spiro atoms. The van der Waals surface area contributed by atoms with Gasteiger partial charge in [0.05, 0.1) is 12.5 Å². The van der Waals surface area contributed by atoms with Gasteiger partial charge in [-0.25, -0.2) is 0 Å². The molecule has 5 heteroatoms. The molecule has 4 nitrogen and oxygen atoms in total. The summed E-state index contributed by atoms with van der Waals surface area (Å²) in [4.78, 5) is 17.9. The first kappa shape index (κ1) is 12.5. The van der Waals surface area contributed by atoms with Crippen LogP contribution in [-0.4, -0.2) is 40.1 Å². The number of piperidine rings is 1. The summed E-state index contributed by atoms with van der Waals surface area (Å²) in [5.41, 5.74) is 0.782. The molecule has 2 rings (SSSR count). The molecule has 1 aromatic rings. The van der Waals surface area contributed by atoms with Crippen LogP contribution in [0.2, 0.25) is 0 Å². The molecule has 0 aliphatic carbocycles. The van der Waals surface area contributed by atoms with Crippen LogP contribution < -0.4 is 0 Å². The molecule has 1 fully saturated rings. The summed E-state index contributed by atoms with van der Waals surface area (Å²) >= 11 is 3.31. The lowest BCUT2D eigenvalue weighted by Gasteiger charge is -2.29. The molecule has 0 radical (unpaired) electrons. The molecule has 0 aromatic carbocycles. The number of aromatic nitrogens is 1. The number of carbonyl (C=O) groups excluding carboxylic acids is 1. The lowest BCUT2D eigenvalue weighted by Crippen LogP contribution is -2.40. The molecule has 0 unspecified atom stereocenters. The van der Waals surface area contributed by atoms with Crippen LogP contribution in [0.5, 0.6) is 0 Å². The molecular weight excluding hydrogens is 284 g/mol. The Bertz CT molecular complexity index is 386. The minimum Gasteiger partial charge on any atom is -0.393 e. The maximum absolute atomic E-state index is 12.0. The van der Waals surface area contributed by atoms with Crippen molar-refractivity contribution < 1.29 is 9.90 Å². The van der Waals surface area contributed by atoms with E-state index in [1.165, 1.54) is 0 Å². The Morgan fingerprint density at radius 3 is 2.76 bits per heavy atom. The lowest BCUT2D eigenvalue weighted by molar-refractivity contribution is -0.132. The monoisotopic (exact) mass is 298 g/mol. The molecule has 1 saturated heterocycles. The number of carbonyl (C=O) groups is 1. The average Bonchev–Trinajstić information content (AvgIpc) is 2.33. The number of hydrogen-bond donors (Lipinski definition) is 1. The van der Waals surface area contributed by atoms with Crippen LogP contribution in [0.25, 0.3) is 0 Å². The van der Waals surface area contributed by atoms with E-state index in [4.69, 9.17) is 0 Å². The fourth-order valence-electron chi connectivity index (χ4n) is 1.89. The number of rotatable bonds is 2. The third-order valence-corrected chi connectivity index (χ3v) is 3.41. The normalized spacial score (nSPS) is 17.2. The maximum atomic E-state index is 12.0. The van der Waals surface area contributed by atoms with Crippen LogP contribution in [0.1, 0.15) is 18.5 Å². The predicted molar refractivity (Wildman–Crippen MR) is 67.5 cm³/mol. The Balaban J connectivity index is 1.90. The van der Waals surface area contributed by atoms with Gasteiger partial charge in [-0.05, 0) is 40.9 Å². The zero-order chi connectivity index (χ0) is 12.3. The van der Waals surface area contributed by atoms with Gasteiger partial charge in [0, 0.05) is 29.5 Å². The van der Waals surface area contributed by atoms with Crippen molar-refractivity contribution in [2.75, 3.05) is 13.1 Å². The van der Waals surface area contributed by atoms with Gasteiger partial charge in [-0.15, -0.1) is 0 Å². The fourth-order valence-corrected chi connectivity index (χ4v) is 2.13. The van der Waals surface area contributed by atoms with Crippen LogP contribution in [-0.2, 0) is 11.2 Å². The van der Waals surface area contributed by atoms with Gasteiger partial charge in [0.2, 0.25) is 5.91 Å². The van der Waals surface area contributed by atoms with Gasteiger partial charge >= 0.3 is 0 Å². The largest absolute Gasteiger partial charge is 0.393 e. The Kier molecular flexibility index (Phi) is 4.12. The second kappa shape index (κ2) is 5.60. The zero-order valence-corrected chi connectivity index (χ0v) is 11.1. The first-order valence-corrected chi connectivity index (χ1v) is 6.51. The number of halogens is 1. The highest BCUT2D eigenvalue weighted by atomic mass is 79.9. The SMILES string of the molecule is O=C(Cc1ccc(Br)cn1)N1CCC(O)CC1. The standard InChI is InChI=1S/C12H15BrN2O2/c13-9-1-2-10(14-8-9)7-12(17)15-5-3-11(16)4-6-15/h1-2,8,11,16H,3-7H2. The lowest BCUT2D eigenvalue weighted by atomic mass is 10.1. The molecular formula is C12H15BrN2O2. The van der Waals surface area contributed by atoms with E-state index >= 15 is 0 Å². The summed E-state index contributed by atoms with van der Waals surface area (Å²) in [6.45, 7) is 1.30. The number of likely N-dealkylation sites (tertiary alicyclic amines) is 1. The third kappa shape index (κ3) is 3.51. The minimum absolute atomic E-state index is 0.0896. The van der Waals surface area contributed by atoms with Gasteiger partial charge in [-0.3, -0.25) is 9.78 Å². The number of hydrogen-bond acceptors (Lipinski definition) is 3. The molecule has 1 aliphatic rings. The van der Waals surface area contributed by atoms with E-state index in [0.29, 0.717) is 32.4 Å². The van der Waals surface area contributed by atoms with Crippen LogP contribution in [0.3, 0.4) is 0 Å². The van der Waals surface area contributed by atoms with Crippen molar-refractivity contribution in [1.29, 1.82) is 0 Å². The van der Waals surface area contributed by atoms with Crippen molar-refractivity contribution in [3.05, 3.63) is 28.5 Å². The van der Waals surface area contributed by atoms with Crippen molar-refractivity contribution >= 4 is 21.8 Å². The molecule has 17 heavy (non-hydrogen) atoms. The van der Waals surface area contributed by atoms with Gasteiger partial charge in [0.1, 0.15) is 0 Å². The molecule has 2 heterocycles. The predicted octanol–water partition coefficient (Wildman–Crippen LogP) is 1.37. The number of nitrogens with zero attached hydrogens (tertiary/aromatic N) is 2. The summed E-state index contributed by atoms with van der Waals surface area (Å²) in [6.07, 6.45) is 3.15. The molecule has 92 valence electrons. The van der Waals surface area contributed by atoms with Crippen LogP contribution in [0.4, 0.5) is 0 Å². The number of amides is 1. The summed E-state index contributed by atoms with van der Waals surface area (Å²) < 4.78 is 0.912. The van der Waals surface area contributed by atoms with Crippen LogP contribution in [0, 0.1) is 0 Å². The van der Waals surface area contributed by atoms with Gasteiger partial charge < -0.3 is 10.0 Å². The second-order valence-electron chi connectivity index (χ2n) is 4.26. The number of aliphatic hydroxyl groups is 1. The summed E-state index contributed by atoms with van der Waals surface area (Å²) in [5, 5.41) is 9.37. The van der Waals surface area contributed by atoms with Crippen molar-refractivity contribution in [1.82, 2.24) is 9.88 Å². The van der Waals surface area contributed by atoms with E-state index in [0.717, 1.165) is 10.2 Å². The molecule has 1 amide bonds. The number of aliphatic hydroxyl groups excluding tert-OH is 1. The van der Waals surface area contributed by atoms with Crippen molar-refractivity contribution in [2.45, 2.75) is 25.4 Å². The van der Waals surface area contributed by atoms with Gasteiger partial charge in [-0.2, -0.15) is 0 Å². The summed E-state index contributed by atoms with van der Waals surface area (Å²) in [7, 11) is 0. The van der Waals surface area contributed by atoms with Crippen LogP contribution in [0.15, 0.2) is 22.8 Å². The first-order chi connectivity index (χ1) is 8.15. The first-order valence-electron chi connectivity index (χ1n) is 5.71. The van der Waals surface area contributed by atoms with Gasteiger partial charge in [0.15, 0.2) is 0 Å². The van der Waals surface area contributed by atoms with Gasteiger partial charge in [-0.1, -0.05) is 0 Å².